The van der Waals surface area contributed by atoms with Crippen LogP contribution in [0, 0.1) is 5.82 Å². The number of aromatic nitrogens is 2. The Kier molecular flexibility index (Phi) is 6.16. The monoisotopic (exact) mass is 351 g/mol. The molecule has 0 unspecified atom stereocenters. The van der Waals surface area contributed by atoms with Gasteiger partial charge < -0.3 is 9.88 Å². The lowest BCUT2D eigenvalue weighted by molar-refractivity contribution is 0.588. The van der Waals surface area contributed by atoms with Gasteiger partial charge in [0.1, 0.15) is 5.82 Å². The predicted octanol–water partition coefficient (Wildman–Crippen LogP) is 4.38. The highest BCUT2D eigenvalue weighted by atomic mass is 35.5. The van der Waals surface area contributed by atoms with Gasteiger partial charge in [-0.2, -0.15) is 0 Å². The van der Waals surface area contributed by atoms with Crippen LogP contribution in [0.15, 0.2) is 61.2 Å². The molecule has 0 bridgehead atoms. The molecule has 0 aliphatic carbocycles. The number of nitrogens with zero attached hydrogens (tertiary/aromatic N) is 2. The van der Waals surface area contributed by atoms with E-state index in [9.17, 15) is 4.39 Å². The highest BCUT2D eigenvalue weighted by Gasteiger charge is 2.06. The topological polar surface area (TPSA) is 29.9 Å². The van der Waals surface area contributed by atoms with Gasteiger partial charge in [-0.05, 0) is 29.8 Å². The van der Waals surface area contributed by atoms with Crippen LogP contribution in [0.2, 0.25) is 5.02 Å². The quantitative estimate of drug-likeness (QED) is 0.739. The molecule has 2 aromatic carbocycles. The fraction of sp³-hybridized carbons (Fsp3) is 0.118. The Morgan fingerprint density at radius 2 is 1.87 bits per heavy atom. The highest BCUT2D eigenvalue weighted by Crippen LogP contribution is 2.18. The van der Waals surface area contributed by atoms with E-state index in [0.717, 1.165) is 11.3 Å². The van der Waals surface area contributed by atoms with Crippen LogP contribution in [-0.2, 0) is 13.1 Å². The van der Waals surface area contributed by atoms with E-state index < -0.39 is 0 Å². The lowest BCUT2D eigenvalue weighted by Crippen LogP contribution is -2.14. The van der Waals surface area contributed by atoms with Gasteiger partial charge in [-0.25, -0.2) is 9.37 Å². The van der Waals surface area contributed by atoms with Crippen molar-refractivity contribution in [2.45, 2.75) is 13.1 Å². The van der Waals surface area contributed by atoms with Crippen molar-refractivity contribution in [3.05, 3.63) is 83.2 Å². The molecule has 3 aromatic rings. The van der Waals surface area contributed by atoms with Gasteiger partial charge in [0, 0.05) is 41.8 Å². The SMILES string of the molecule is Cl.Fc1cccc(Cl)c1CNCc1ccc(-n2ccnc2)cc1. The van der Waals surface area contributed by atoms with Crippen LogP contribution in [0.3, 0.4) is 0 Å². The van der Waals surface area contributed by atoms with Crippen LogP contribution in [-0.4, -0.2) is 9.55 Å². The van der Waals surface area contributed by atoms with Gasteiger partial charge in [0.05, 0.1) is 6.33 Å². The van der Waals surface area contributed by atoms with E-state index in [-0.39, 0.29) is 18.2 Å². The second-order valence-electron chi connectivity index (χ2n) is 4.94. The van der Waals surface area contributed by atoms with Crippen LogP contribution in [0.1, 0.15) is 11.1 Å². The molecular formula is C17H16Cl2FN3. The van der Waals surface area contributed by atoms with Crippen molar-refractivity contribution in [1.82, 2.24) is 14.9 Å². The summed E-state index contributed by atoms with van der Waals surface area (Å²) < 4.78 is 15.6. The Bertz CT molecular complexity index is 723. The maximum Gasteiger partial charge on any atom is 0.129 e. The lowest BCUT2D eigenvalue weighted by atomic mass is 10.2. The maximum atomic E-state index is 13.7. The molecule has 0 spiro atoms. The van der Waals surface area contributed by atoms with Crippen LogP contribution in [0.25, 0.3) is 5.69 Å². The second-order valence-corrected chi connectivity index (χ2v) is 5.35. The smallest absolute Gasteiger partial charge is 0.129 e. The Hall–Kier alpha value is -1.88. The Morgan fingerprint density at radius 3 is 2.52 bits per heavy atom. The molecule has 120 valence electrons. The minimum Gasteiger partial charge on any atom is -0.308 e. The van der Waals surface area contributed by atoms with Crippen LogP contribution >= 0.6 is 24.0 Å². The van der Waals surface area contributed by atoms with Crippen LogP contribution < -0.4 is 5.32 Å². The van der Waals surface area contributed by atoms with Crippen LogP contribution in [0.5, 0.6) is 0 Å². The van der Waals surface area contributed by atoms with E-state index in [1.54, 1.807) is 24.7 Å². The first-order valence-electron chi connectivity index (χ1n) is 6.95. The summed E-state index contributed by atoms with van der Waals surface area (Å²) in [6.45, 7) is 1.05. The fourth-order valence-corrected chi connectivity index (χ4v) is 2.46. The zero-order valence-corrected chi connectivity index (χ0v) is 13.8. The molecule has 0 aliphatic heterocycles. The van der Waals surface area contributed by atoms with E-state index in [2.05, 4.69) is 10.3 Å². The number of hydrogen-bond acceptors (Lipinski definition) is 2. The van der Waals surface area contributed by atoms with E-state index >= 15 is 0 Å². The number of halogens is 3. The first kappa shape index (κ1) is 17.5. The van der Waals surface area contributed by atoms with Gasteiger partial charge in [0.25, 0.3) is 0 Å². The first-order valence-corrected chi connectivity index (χ1v) is 7.33. The molecule has 6 heteroatoms. The summed E-state index contributed by atoms with van der Waals surface area (Å²) in [4.78, 5) is 4.02. The van der Waals surface area contributed by atoms with Gasteiger partial charge in [0.15, 0.2) is 0 Å². The molecule has 0 saturated heterocycles. The van der Waals surface area contributed by atoms with E-state index in [1.807, 2.05) is 35.0 Å². The van der Waals surface area contributed by atoms with Crippen molar-refractivity contribution >= 4 is 24.0 Å². The molecule has 0 amide bonds. The average molecular weight is 352 g/mol. The summed E-state index contributed by atoms with van der Waals surface area (Å²) in [5.74, 6) is -0.282. The predicted molar refractivity (Wildman–Crippen MR) is 92.8 cm³/mol. The molecule has 0 saturated carbocycles. The summed E-state index contributed by atoms with van der Waals surface area (Å²) in [5, 5.41) is 3.66. The summed E-state index contributed by atoms with van der Waals surface area (Å²) in [7, 11) is 0. The normalized spacial score (nSPS) is 10.3. The molecule has 1 N–H and O–H groups in total. The Balaban J connectivity index is 0.00000192. The molecule has 3 nitrogen and oxygen atoms in total. The third kappa shape index (κ3) is 4.32. The zero-order chi connectivity index (χ0) is 15.4. The third-order valence-electron chi connectivity index (χ3n) is 3.43. The fourth-order valence-electron chi connectivity index (χ4n) is 2.23. The van der Waals surface area contributed by atoms with Gasteiger partial charge in [-0.3, -0.25) is 0 Å². The largest absolute Gasteiger partial charge is 0.308 e. The standard InChI is InChI=1S/C17H15ClFN3.ClH/c18-16-2-1-3-17(19)15(16)11-21-10-13-4-6-14(7-5-13)22-9-8-20-12-22;/h1-9,12,21H,10-11H2;1H. The van der Waals surface area contributed by atoms with E-state index in [0.29, 0.717) is 23.7 Å². The van der Waals surface area contributed by atoms with Gasteiger partial charge >= 0.3 is 0 Å². The van der Waals surface area contributed by atoms with Gasteiger partial charge in [-0.15, -0.1) is 12.4 Å². The minimum absolute atomic E-state index is 0. The van der Waals surface area contributed by atoms with E-state index in [1.165, 1.54) is 6.07 Å². The lowest BCUT2D eigenvalue weighted by Gasteiger charge is -2.09. The molecule has 23 heavy (non-hydrogen) atoms. The van der Waals surface area contributed by atoms with Crippen LogP contribution in [0.4, 0.5) is 4.39 Å². The summed E-state index contributed by atoms with van der Waals surface area (Å²) in [6.07, 6.45) is 5.40. The maximum absolute atomic E-state index is 13.7. The molecule has 0 atom stereocenters. The van der Waals surface area contributed by atoms with Crippen molar-refractivity contribution in [3.63, 3.8) is 0 Å². The Labute approximate surface area is 145 Å². The summed E-state index contributed by atoms with van der Waals surface area (Å²) in [5.41, 5.74) is 2.67. The highest BCUT2D eigenvalue weighted by molar-refractivity contribution is 6.31. The first-order chi connectivity index (χ1) is 10.7. The number of benzene rings is 2. The van der Waals surface area contributed by atoms with Crippen molar-refractivity contribution in [2.24, 2.45) is 0 Å². The zero-order valence-electron chi connectivity index (χ0n) is 12.2. The molecular weight excluding hydrogens is 336 g/mol. The molecule has 0 radical (unpaired) electrons. The summed E-state index contributed by atoms with van der Waals surface area (Å²) in [6, 6.07) is 12.8. The van der Waals surface area contributed by atoms with Crippen molar-refractivity contribution in [2.75, 3.05) is 0 Å². The molecule has 1 heterocycles. The molecule has 0 fully saturated rings. The van der Waals surface area contributed by atoms with Gasteiger partial charge in [-0.1, -0.05) is 29.8 Å². The third-order valence-corrected chi connectivity index (χ3v) is 3.79. The van der Waals surface area contributed by atoms with Gasteiger partial charge in [0.2, 0.25) is 0 Å². The molecule has 0 aliphatic rings. The number of imidazole rings is 1. The average Bonchev–Trinajstić information content (AvgIpc) is 3.05. The second kappa shape index (κ2) is 8.11. The minimum atomic E-state index is -0.282. The Morgan fingerprint density at radius 1 is 1.09 bits per heavy atom. The van der Waals surface area contributed by atoms with Crippen molar-refractivity contribution in [1.29, 1.82) is 0 Å². The van der Waals surface area contributed by atoms with Crippen molar-refractivity contribution < 1.29 is 4.39 Å². The number of hydrogen-bond donors (Lipinski definition) is 1. The molecule has 3 rings (SSSR count). The molecule has 1 aromatic heterocycles. The number of rotatable bonds is 5. The summed E-state index contributed by atoms with van der Waals surface area (Å²) >= 11 is 6.00. The van der Waals surface area contributed by atoms with E-state index in [4.69, 9.17) is 11.6 Å². The number of nitrogens with one attached hydrogen (secondary N) is 1. The van der Waals surface area contributed by atoms with Crippen molar-refractivity contribution in [3.8, 4) is 5.69 Å².